The van der Waals surface area contributed by atoms with Crippen molar-refractivity contribution in [2.75, 3.05) is 4.90 Å². The zero-order chi connectivity index (χ0) is 33.7. The first kappa shape index (κ1) is 30.2. The van der Waals surface area contributed by atoms with Crippen molar-refractivity contribution < 1.29 is 4.42 Å². The Morgan fingerprint density at radius 3 is 1.90 bits per heavy atom. The predicted octanol–water partition coefficient (Wildman–Crippen LogP) is 14.8. The lowest BCUT2D eigenvalue weighted by atomic mass is 9.83. The van der Waals surface area contributed by atoms with Gasteiger partial charge in [-0.15, -0.1) is 11.3 Å². The van der Waals surface area contributed by atoms with Crippen LogP contribution in [0.5, 0.6) is 0 Å². The van der Waals surface area contributed by atoms with Crippen LogP contribution in [0.25, 0.3) is 64.4 Å². The third-order valence-electron chi connectivity index (χ3n) is 10.9. The first-order valence-electron chi connectivity index (χ1n) is 18.2. The highest BCUT2D eigenvalue weighted by atomic mass is 32.1. The molecule has 1 aliphatic rings. The third-order valence-corrected chi connectivity index (χ3v) is 12.0. The van der Waals surface area contributed by atoms with Gasteiger partial charge in [0, 0.05) is 36.9 Å². The second-order valence-corrected chi connectivity index (χ2v) is 15.0. The number of hydrogen-bond acceptors (Lipinski definition) is 3. The first-order valence-corrected chi connectivity index (χ1v) is 19.0. The molecule has 1 fully saturated rings. The van der Waals surface area contributed by atoms with Crippen molar-refractivity contribution in [1.29, 1.82) is 0 Å². The highest BCUT2D eigenvalue weighted by molar-refractivity contribution is 7.25. The highest BCUT2D eigenvalue weighted by Gasteiger charge is 2.24. The van der Waals surface area contributed by atoms with Crippen molar-refractivity contribution in [2.24, 2.45) is 0 Å². The molecule has 1 aliphatic carbocycles. The molecule has 7 aromatic carbocycles. The zero-order valence-electron chi connectivity index (χ0n) is 28.4. The minimum atomic E-state index is 0.562. The van der Waals surface area contributed by atoms with E-state index in [1.54, 1.807) is 0 Å². The molecule has 9 aromatic rings. The van der Waals surface area contributed by atoms with Crippen LogP contribution in [0.15, 0.2) is 162 Å². The molecule has 51 heavy (non-hydrogen) atoms. The number of fused-ring (bicyclic) bond motifs is 6. The number of rotatable bonds is 6. The van der Waals surface area contributed by atoms with Gasteiger partial charge >= 0.3 is 0 Å². The summed E-state index contributed by atoms with van der Waals surface area (Å²) in [5.74, 6) is 0.562. The molecule has 0 amide bonds. The normalized spacial score (nSPS) is 13.8. The Bertz CT molecular complexity index is 2660. The van der Waals surface area contributed by atoms with Gasteiger partial charge in [-0.3, -0.25) is 0 Å². The van der Waals surface area contributed by atoms with E-state index in [1.807, 2.05) is 11.3 Å². The number of para-hydroxylation sites is 1. The van der Waals surface area contributed by atoms with Gasteiger partial charge in [0.1, 0.15) is 11.2 Å². The molecule has 0 spiro atoms. The molecule has 2 heterocycles. The summed E-state index contributed by atoms with van der Waals surface area (Å²) >= 11 is 1.87. The number of anilines is 3. The minimum Gasteiger partial charge on any atom is -0.456 e. The summed E-state index contributed by atoms with van der Waals surface area (Å²) < 4.78 is 9.44. The van der Waals surface area contributed by atoms with Crippen molar-refractivity contribution >= 4 is 70.5 Å². The van der Waals surface area contributed by atoms with E-state index in [0.29, 0.717) is 5.92 Å². The maximum atomic E-state index is 6.78. The Hall–Kier alpha value is -5.64. The zero-order valence-corrected chi connectivity index (χ0v) is 29.2. The average molecular weight is 676 g/mol. The van der Waals surface area contributed by atoms with Gasteiger partial charge in [-0.05, 0) is 95.1 Å². The molecule has 0 unspecified atom stereocenters. The van der Waals surface area contributed by atoms with E-state index in [9.17, 15) is 0 Å². The summed E-state index contributed by atoms with van der Waals surface area (Å²) in [6.07, 6.45) is 6.42. The van der Waals surface area contributed by atoms with Crippen LogP contribution in [0.3, 0.4) is 0 Å². The Kier molecular flexibility index (Phi) is 7.46. The first-order chi connectivity index (χ1) is 25.3. The van der Waals surface area contributed by atoms with Crippen LogP contribution in [0, 0.1) is 0 Å². The number of nitrogens with zero attached hydrogens (tertiary/aromatic N) is 1. The number of hydrogen-bond donors (Lipinski definition) is 0. The largest absolute Gasteiger partial charge is 0.456 e. The molecule has 0 atom stereocenters. The van der Waals surface area contributed by atoms with Crippen LogP contribution in [0.1, 0.15) is 43.6 Å². The maximum Gasteiger partial charge on any atom is 0.138 e. The van der Waals surface area contributed by atoms with E-state index in [-0.39, 0.29) is 0 Å². The highest BCUT2D eigenvalue weighted by Crippen LogP contribution is 2.46. The average Bonchev–Trinajstić information content (AvgIpc) is 3.78. The fraction of sp³-hybridized carbons (Fsp3) is 0.125. The fourth-order valence-corrected chi connectivity index (χ4v) is 9.49. The minimum absolute atomic E-state index is 0.562. The third kappa shape index (κ3) is 5.32. The lowest BCUT2D eigenvalue weighted by Crippen LogP contribution is -2.10. The lowest BCUT2D eigenvalue weighted by Gasteiger charge is -2.27. The van der Waals surface area contributed by atoms with Gasteiger partial charge in [0.2, 0.25) is 0 Å². The van der Waals surface area contributed by atoms with E-state index in [4.69, 9.17) is 4.42 Å². The van der Waals surface area contributed by atoms with Crippen LogP contribution < -0.4 is 4.90 Å². The molecule has 1 saturated carbocycles. The van der Waals surface area contributed by atoms with Crippen LogP contribution in [0.2, 0.25) is 0 Å². The van der Waals surface area contributed by atoms with E-state index >= 15 is 0 Å². The molecule has 0 saturated heterocycles. The SMILES string of the molecule is c1ccc(-c2ccc(N(c3ccc(-c4ccc5c(c4)sc4ccccc45)cc3)c3cccc4oc5c(C6CCCCC6)cccc5c34)cc2)cc1. The molecule has 2 aromatic heterocycles. The summed E-state index contributed by atoms with van der Waals surface area (Å²) in [4.78, 5) is 2.40. The molecule has 0 N–H and O–H groups in total. The molecule has 0 radical (unpaired) electrons. The van der Waals surface area contributed by atoms with Gasteiger partial charge in [0.05, 0.1) is 11.1 Å². The van der Waals surface area contributed by atoms with E-state index in [1.165, 1.54) is 85.5 Å². The summed E-state index contributed by atoms with van der Waals surface area (Å²) in [6.45, 7) is 0. The van der Waals surface area contributed by atoms with Crippen LogP contribution in [-0.4, -0.2) is 0 Å². The van der Waals surface area contributed by atoms with Crippen molar-refractivity contribution in [3.63, 3.8) is 0 Å². The van der Waals surface area contributed by atoms with Gasteiger partial charge in [-0.25, -0.2) is 0 Å². The number of thiophene rings is 1. The molecule has 0 bridgehead atoms. The van der Waals surface area contributed by atoms with Gasteiger partial charge in [-0.2, -0.15) is 0 Å². The second kappa shape index (κ2) is 12.6. The smallest absolute Gasteiger partial charge is 0.138 e. The predicted molar refractivity (Wildman–Crippen MR) is 218 cm³/mol. The van der Waals surface area contributed by atoms with Crippen LogP contribution in [-0.2, 0) is 0 Å². The fourth-order valence-electron chi connectivity index (χ4n) is 8.34. The quantitative estimate of drug-likeness (QED) is 0.174. The van der Waals surface area contributed by atoms with Crippen molar-refractivity contribution in [2.45, 2.75) is 38.0 Å². The summed E-state index contributed by atoms with van der Waals surface area (Å²) in [5, 5.41) is 5.02. The topological polar surface area (TPSA) is 16.4 Å². The summed E-state index contributed by atoms with van der Waals surface area (Å²) in [7, 11) is 0. The molecule has 2 nitrogen and oxygen atoms in total. The van der Waals surface area contributed by atoms with Crippen molar-refractivity contribution in [3.8, 4) is 22.3 Å². The van der Waals surface area contributed by atoms with E-state index in [0.717, 1.165) is 33.6 Å². The van der Waals surface area contributed by atoms with Gasteiger partial charge in [0.25, 0.3) is 0 Å². The van der Waals surface area contributed by atoms with Crippen molar-refractivity contribution in [3.05, 3.63) is 163 Å². The Balaban J connectivity index is 1.10. The molecule has 3 heteroatoms. The van der Waals surface area contributed by atoms with Crippen molar-refractivity contribution in [1.82, 2.24) is 0 Å². The van der Waals surface area contributed by atoms with Gasteiger partial charge in [-0.1, -0.05) is 128 Å². The lowest BCUT2D eigenvalue weighted by molar-refractivity contribution is 0.442. The Morgan fingerprint density at radius 2 is 1.12 bits per heavy atom. The van der Waals surface area contributed by atoms with Gasteiger partial charge in [0.15, 0.2) is 0 Å². The summed E-state index contributed by atoms with van der Waals surface area (Å²) in [5.41, 5.74) is 11.6. The second-order valence-electron chi connectivity index (χ2n) is 13.9. The van der Waals surface area contributed by atoms with Gasteiger partial charge < -0.3 is 9.32 Å². The molecular formula is C48H37NOS. The standard InChI is InChI=1S/C48H37NOS/c1-3-11-32(12-4-1)33-21-26-37(27-22-33)49(38-28-23-34(24-29-38)36-25-30-41-40-15-7-8-20-45(40)51-46(41)31-36)43-18-10-19-44-47(43)42-17-9-16-39(48(42)50-44)35-13-5-2-6-14-35/h1,3-4,7-12,15-31,35H,2,5-6,13-14H2. The molecule has 0 aliphatic heterocycles. The molecule has 10 rings (SSSR count). The monoisotopic (exact) mass is 675 g/mol. The van der Waals surface area contributed by atoms with E-state index in [2.05, 4.69) is 163 Å². The molecular weight excluding hydrogens is 639 g/mol. The Morgan fingerprint density at radius 1 is 0.490 bits per heavy atom. The maximum absolute atomic E-state index is 6.78. The number of furan rings is 1. The van der Waals surface area contributed by atoms with E-state index < -0.39 is 0 Å². The number of benzene rings is 7. The van der Waals surface area contributed by atoms with Crippen LogP contribution >= 0.6 is 11.3 Å². The summed E-state index contributed by atoms with van der Waals surface area (Å²) in [6, 6.07) is 57.6. The van der Waals surface area contributed by atoms with Crippen LogP contribution in [0.4, 0.5) is 17.1 Å². The Labute approximate surface area is 302 Å². The molecule has 246 valence electrons.